The smallest absolute Gasteiger partial charge is 0.266 e. The molecular formula is C14H17N3O3S2. The molecule has 0 fully saturated rings. The van der Waals surface area contributed by atoms with Gasteiger partial charge in [-0.3, -0.25) is 10.1 Å². The zero-order valence-corrected chi connectivity index (χ0v) is 14.2. The third-order valence-corrected chi connectivity index (χ3v) is 4.48. The molecule has 2 rings (SSSR count). The van der Waals surface area contributed by atoms with E-state index in [2.05, 4.69) is 15.5 Å². The van der Waals surface area contributed by atoms with Gasteiger partial charge in [0.1, 0.15) is 11.5 Å². The minimum absolute atomic E-state index is 0.271. The van der Waals surface area contributed by atoms with E-state index in [0.29, 0.717) is 16.6 Å². The molecule has 1 atom stereocenters. The molecule has 8 heteroatoms. The van der Waals surface area contributed by atoms with Crippen LogP contribution in [0.25, 0.3) is 0 Å². The monoisotopic (exact) mass is 339 g/mol. The van der Waals surface area contributed by atoms with Gasteiger partial charge in [0.15, 0.2) is 10.4 Å². The van der Waals surface area contributed by atoms with Crippen molar-refractivity contribution in [1.82, 2.24) is 10.2 Å². The molecule has 0 radical (unpaired) electrons. The first-order valence-corrected chi connectivity index (χ1v) is 8.50. The van der Waals surface area contributed by atoms with Crippen molar-refractivity contribution in [3.8, 4) is 11.5 Å². The van der Waals surface area contributed by atoms with Gasteiger partial charge >= 0.3 is 0 Å². The largest absolute Gasteiger partial charge is 0.497 e. The third kappa shape index (κ3) is 4.60. The second-order valence-corrected chi connectivity index (χ2v) is 6.72. The van der Waals surface area contributed by atoms with E-state index >= 15 is 0 Å². The summed E-state index contributed by atoms with van der Waals surface area (Å²) < 4.78 is 11.6. The number of anilines is 1. The molecule has 0 spiro atoms. The van der Waals surface area contributed by atoms with Crippen molar-refractivity contribution < 1.29 is 14.3 Å². The van der Waals surface area contributed by atoms with Crippen LogP contribution in [-0.4, -0.2) is 35.1 Å². The predicted octanol–water partition coefficient (Wildman–Crippen LogP) is 3.06. The first-order valence-electron chi connectivity index (χ1n) is 6.70. The van der Waals surface area contributed by atoms with E-state index in [1.54, 1.807) is 44.0 Å². The van der Waals surface area contributed by atoms with Crippen LogP contribution in [0.5, 0.6) is 11.5 Å². The van der Waals surface area contributed by atoms with Gasteiger partial charge in [0, 0.05) is 6.07 Å². The fraction of sp³-hybridized carbons (Fsp3) is 0.357. The summed E-state index contributed by atoms with van der Waals surface area (Å²) in [6.07, 6.45) is -0.654. The fourth-order valence-corrected chi connectivity index (χ4v) is 3.23. The van der Waals surface area contributed by atoms with E-state index in [9.17, 15) is 4.79 Å². The van der Waals surface area contributed by atoms with Crippen LogP contribution in [0.15, 0.2) is 28.6 Å². The number of hydrogen-bond acceptors (Lipinski definition) is 7. The van der Waals surface area contributed by atoms with E-state index in [1.807, 2.05) is 13.0 Å². The van der Waals surface area contributed by atoms with Gasteiger partial charge in [-0.05, 0) is 24.8 Å². The highest BCUT2D eigenvalue weighted by molar-refractivity contribution is 8.01. The molecular weight excluding hydrogens is 322 g/mol. The number of ether oxygens (including phenoxy) is 2. The Balaban J connectivity index is 1.93. The van der Waals surface area contributed by atoms with Crippen molar-refractivity contribution in [2.24, 2.45) is 0 Å². The van der Waals surface area contributed by atoms with Crippen molar-refractivity contribution >= 4 is 34.1 Å². The van der Waals surface area contributed by atoms with Gasteiger partial charge in [-0.2, -0.15) is 0 Å². The van der Waals surface area contributed by atoms with Crippen LogP contribution in [0, 0.1) is 0 Å². The highest BCUT2D eigenvalue weighted by Crippen LogP contribution is 2.25. The maximum Gasteiger partial charge on any atom is 0.266 e. The SMILES string of the molecule is CCSc1nnc(NC(=O)C(C)Oc2cccc(OC)c2)s1. The lowest BCUT2D eigenvalue weighted by atomic mass is 10.3. The number of benzene rings is 1. The maximum absolute atomic E-state index is 12.1. The molecule has 1 heterocycles. The molecule has 22 heavy (non-hydrogen) atoms. The van der Waals surface area contributed by atoms with Gasteiger partial charge in [0.2, 0.25) is 5.13 Å². The number of carbonyl (C=O) groups is 1. The summed E-state index contributed by atoms with van der Waals surface area (Å²) in [5.41, 5.74) is 0. The standard InChI is InChI=1S/C14H17N3O3S2/c1-4-21-14-17-16-13(22-14)15-12(18)9(2)20-11-7-5-6-10(8-11)19-3/h5-9H,4H2,1-3H3,(H,15,16,18). The lowest BCUT2D eigenvalue weighted by molar-refractivity contribution is -0.122. The number of carbonyl (C=O) groups excluding carboxylic acids is 1. The van der Waals surface area contributed by atoms with Crippen LogP contribution in [-0.2, 0) is 4.79 Å². The van der Waals surface area contributed by atoms with Crippen molar-refractivity contribution in [2.45, 2.75) is 24.3 Å². The number of rotatable bonds is 7. The number of aromatic nitrogens is 2. The van der Waals surface area contributed by atoms with Crippen LogP contribution in [0.3, 0.4) is 0 Å². The number of methoxy groups -OCH3 is 1. The summed E-state index contributed by atoms with van der Waals surface area (Å²) in [4.78, 5) is 12.1. The van der Waals surface area contributed by atoms with Crippen molar-refractivity contribution in [3.63, 3.8) is 0 Å². The summed E-state index contributed by atoms with van der Waals surface area (Å²) in [6.45, 7) is 3.71. The molecule has 1 N–H and O–H groups in total. The quantitative estimate of drug-likeness (QED) is 0.617. The lowest BCUT2D eigenvalue weighted by Crippen LogP contribution is -2.30. The van der Waals surface area contributed by atoms with Crippen LogP contribution in [0.4, 0.5) is 5.13 Å². The first-order chi connectivity index (χ1) is 10.6. The van der Waals surface area contributed by atoms with E-state index < -0.39 is 6.10 Å². The Bertz CT molecular complexity index is 633. The first kappa shape index (κ1) is 16.6. The van der Waals surface area contributed by atoms with Gasteiger partial charge in [0.25, 0.3) is 5.91 Å². The zero-order valence-electron chi connectivity index (χ0n) is 12.5. The molecule has 0 bridgehead atoms. The zero-order chi connectivity index (χ0) is 15.9. The Morgan fingerprint density at radius 2 is 2.18 bits per heavy atom. The Morgan fingerprint density at radius 1 is 1.41 bits per heavy atom. The summed E-state index contributed by atoms with van der Waals surface area (Å²) in [6, 6.07) is 7.11. The van der Waals surface area contributed by atoms with Crippen LogP contribution in [0.2, 0.25) is 0 Å². The summed E-state index contributed by atoms with van der Waals surface area (Å²) in [5.74, 6) is 1.89. The Kier molecular flexibility index (Phi) is 6.02. The summed E-state index contributed by atoms with van der Waals surface area (Å²) >= 11 is 2.94. The molecule has 1 amide bonds. The summed E-state index contributed by atoms with van der Waals surface area (Å²) in [7, 11) is 1.58. The van der Waals surface area contributed by atoms with Crippen LogP contribution < -0.4 is 14.8 Å². The normalized spacial score (nSPS) is 11.8. The molecule has 0 saturated carbocycles. The molecule has 1 aromatic carbocycles. The van der Waals surface area contributed by atoms with Gasteiger partial charge in [0.05, 0.1) is 7.11 Å². The van der Waals surface area contributed by atoms with Crippen LogP contribution in [0.1, 0.15) is 13.8 Å². The average molecular weight is 339 g/mol. The van der Waals surface area contributed by atoms with Gasteiger partial charge in [-0.1, -0.05) is 36.1 Å². The molecule has 0 aliphatic heterocycles. The second kappa shape index (κ2) is 8.00. The Hall–Kier alpha value is -1.80. The number of amides is 1. The van der Waals surface area contributed by atoms with E-state index in [4.69, 9.17) is 9.47 Å². The topological polar surface area (TPSA) is 73.3 Å². The predicted molar refractivity (Wildman–Crippen MR) is 88.0 cm³/mol. The highest BCUT2D eigenvalue weighted by atomic mass is 32.2. The molecule has 118 valence electrons. The highest BCUT2D eigenvalue weighted by Gasteiger charge is 2.17. The molecule has 2 aromatic rings. The van der Waals surface area contributed by atoms with E-state index in [0.717, 1.165) is 10.1 Å². The Labute approximate surface area is 137 Å². The third-order valence-electron chi connectivity index (χ3n) is 2.63. The number of thioether (sulfide) groups is 1. The molecule has 1 unspecified atom stereocenters. The van der Waals surface area contributed by atoms with Gasteiger partial charge < -0.3 is 9.47 Å². The van der Waals surface area contributed by atoms with Gasteiger partial charge in [-0.15, -0.1) is 10.2 Å². The minimum Gasteiger partial charge on any atom is -0.497 e. The minimum atomic E-state index is -0.654. The van der Waals surface area contributed by atoms with Gasteiger partial charge in [-0.25, -0.2) is 0 Å². The number of nitrogens with zero attached hydrogens (tertiary/aromatic N) is 2. The fourth-order valence-electron chi connectivity index (χ4n) is 1.58. The Morgan fingerprint density at radius 3 is 2.91 bits per heavy atom. The molecule has 0 aliphatic rings. The molecule has 0 saturated heterocycles. The average Bonchev–Trinajstić information content (AvgIpc) is 2.95. The molecule has 1 aromatic heterocycles. The summed E-state index contributed by atoms with van der Waals surface area (Å²) in [5, 5.41) is 11.1. The number of nitrogens with one attached hydrogen (secondary N) is 1. The van der Waals surface area contributed by atoms with Crippen LogP contribution >= 0.6 is 23.1 Å². The van der Waals surface area contributed by atoms with Crippen molar-refractivity contribution in [3.05, 3.63) is 24.3 Å². The maximum atomic E-state index is 12.1. The van der Waals surface area contributed by atoms with E-state index in [1.165, 1.54) is 11.3 Å². The molecule has 6 nitrogen and oxygen atoms in total. The molecule has 0 aliphatic carbocycles. The van der Waals surface area contributed by atoms with E-state index in [-0.39, 0.29) is 5.91 Å². The second-order valence-electron chi connectivity index (χ2n) is 4.23. The van der Waals surface area contributed by atoms with Crippen molar-refractivity contribution in [1.29, 1.82) is 0 Å². The van der Waals surface area contributed by atoms with Crippen molar-refractivity contribution in [2.75, 3.05) is 18.2 Å². The lowest BCUT2D eigenvalue weighted by Gasteiger charge is -2.14. The number of hydrogen-bond donors (Lipinski definition) is 1.